The van der Waals surface area contributed by atoms with Crippen molar-refractivity contribution in [1.82, 2.24) is 5.32 Å². The largest absolute Gasteiger partial charge is 0.465 e. The molecule has 0 radical (unpaired) electrons. The van der Waals surface area contributed by atoms with E-state index in [9.17, 15) is 4.79 Å². The number of ether oxygens (including phenoxy) is 1. The van der Waals surface area contributed by atoms with E-state index in [1.165, 1.54) is 128 Å². The van der Waals surface area contributed by atoms with E-state index >= 15 is 0 Å². The Hall–Kier alpha value is -0.610. The van der Waals surface area contributed by atoms with Crippen molar-refractivity contribution in [3.8, 4) is 0 Å². The predicted molar refractivity (Wildman–Crippen MR) is 161 cm³/mol. The van der Waals surface area contributed by atoms with Crippen molar-refractivity contribution < 1.29 is 14.6 Å². The highest BCUT2D eigenvalue weighted by atomic mass is 16.5. The molecule has 0 amide bonds. The van der Waals surface area contributed by atoms with Crippen LogP contribution >= 0.6 is 0 Å². The molecule has 0 rings (SSSR count). The fraction of sp³-hybridized carbons (Fsp3) is 0.970. The van der Waals surface area contributed by atoms with E-state index in [1.807, 2.05) is 0 Å². The van der Waals surface area contributed by atoms with Gasteiger partial charge in [0, 0.05) is 6.61 Å². The molecule has 0 aliphatic heterocycles. The summed E-state index contributed by atoms with van der Waals surface area (Å²) in [7, 11) is 0. The summed E-state index contributed by atoms with van der Waals surface area (Å²) >= 11 is 0. The van der Waals surface area contributed by atoms with Crippen LogP contribution in [0.2, 0.25) is 0 Å². The second-order valence-electron chi connectivity index (χ2n) is 11.3. The third kappa shape index (κ3) is 28.2. The van der Waals surface area contributed by atoms with Crippen molar-refractivity contribution in [3.05, 3.63) is 0 Å². The summed E-state index contributed by atoms with van der Waals surface area (Å²) < 4.78 is 5.74. The topological polar surface area (TPSA) is 58.6 Å². The number of hydrogen-bond donors (Lipinski definition) is 2. The van der Waals surface area contributed by atoms with Gasteiger partial charge in [-0.05, 0) is 51.6 Å². The van der Waals surface area contributed by atoms with Crippen molar-refractivity contribution in [1.29, 1.82) is 0 Å². The number of aliphatic hydroxyl groups is 1. The van der Waals surface area contributed by atoms with E-state index in [0.29, 0.717) is 13.2 Å². The van der Waals surface area contributed by atoms with Gasteiger partial charge in [-0.2, -0.15) is 0 Å². The summed E-state index contributed by atoms with van der Waals surface area (Å²) in [6.45, 7) is 7.61. The molecule has 0 aromatic heterocycles. The van der Waals surface area contributed by atoms with Gasteiger partial charge in [-0.1, -0.05) is 136 Å². The van der Waals surface area contributed by atoms with E-state index < -0.39 is 0 Å². The van der Waals surface area contributed by atoms with Crippen LogP contribution in [0.1, 0.15) is 174 Å². The summed E-state index contributed by atoms with van der Waals surface area (Å²) in [5, 5.41) is 12.2. The van der Waals surface area contributed by atoms with Gasteiger partial charge in [0.2, 0.25) is 0 Å². The molecule has 0 aliphatic rings. The minimum absolute atomic E-state index is 0.0860. The van der Waals surface area contributed by atoms with Crippen molar-refractivity contribution in [2.45, 2.75) is 174 Å². The number of aliphatic hydroxyl groups excluding tert-OH is 1. The van der Waals surface area contributed by atoms with Gasteiger partial charge in [-0.15, -0.1) is 0 Å². The predicted octanol–water partition coefficient (Wildman–Crippen LogP) is 9.52. The number of hydrogen-bond acceptors (Lipinski definition) is 4. The van der Waals surface area contributed by atoms with E-state index in [0.717, 1.165) is 45.2 Å². The Morgan fingerprint density at radius 3 is 1.49 bits per heavy atom. The molecule has 0 spiro atoms. The van der Waals surface area contributed by atoms with Gasteiger partial charge in [-0.3, -0.25) is 4.79 Å². The van der Waals surface area contributed by atoms with E-state index in [1.54, 1.807) is 0 Å². The lowest BCUT2D eigenvalue weighted by Crippen LogP contribution is -2.18. The zero-order chi connectivity index (χ0) is 27.1. The van der Waals surface area contributed by atoms with E-state index in [2.05, 4.69) is 19.2 Å². The molecule has 0 fully saturated rings. The fourth-order valence-electron chi connectivity index (χ4n) is 5.09. The van der Waals surface area contributed by atoms with Crippen molar-refractivity contribution >= 4 is 5.97 Å². The molecular formula is C33H67NO3. The molecule has 37 heavy (non-hydrogen) atoms. The highest BCUT2D eigenvalue weighted by molar-refractivity contribution is 5.72. The van der Waals surface area contributed by atoms with E-state index in [4.69, 9.17) is 9.84 Å². The van der Waals surface area contributed by atoms with Gasteiger partial charge in [0.15, 0.2) is 0 Å². The Balaban J connectivity index is 3.68. The summed E-state index contributed by atoms with van der Waals surface area (Å²) in [5.41, 5.74) is 0. The molecule has 0 aliphatic carbocycles. The lowest BCUT2D eigenvalue weighted by molar-refractivity contribution is -0.149. The van der Waals surface area contributed by atoms with Crippen molar-refractivity contribution in [3.63, 3.8) is 0 Å². The maximum Gasteiger partial charge on any atom is 0.308 e. The molecule has 1 atom stereocenters. The van der Waals surface area contributed by atoms with Crippen LogP contribution in [0.5, 0.6) is 0 Å². The Morgan fingerprint density at radius 2 is 0.973 bits per heavy atom. The number of carbonyl (C=O) groups is 1. The molecule has 0 bridgehead atoms. The Kier molecular flexibility index (Phi) is 31.1. The van der Waals surface area contributed by atoms with Gasteiger partial charge in [0.05, 0.1) is 12.5 Å². The molecule has 0 heterocycles. The van der Waals surface area contributed by atoms with Crippen molar-refractivity contribution in [2.75, 3.05) is 26.3 Å². The summed E-state index contributed by atoms with van der Waals surface area (Å²) in [6.07, 6.45) is 31.0. The van der Waals surface area contributed by atoms with Gasteiger partial charge < -0.3 is 15.2 Å². The molecule has 0 aromatic rings. The van der Waals surface area contributed by atoms with Crippen LogP contribution in [0.3, 0.4) is 0 Å². The molecule has 0 aromatic carbocycles. The van der Waals surface area contributed by atoms with Crippen LogP contribution in [0.25, 0.3) is 0 Å². The van der Waals surface area contributed by atoms with Crippen molar-refractivity contribution in [2.24, 2.45) is 5.92 Å². The molecule has 1 unspecified atom stereocenters. The van der Waals surface area contributed by atoms with Gasteiger partial charge >= 0.3 is 5.97 Å². The average molecular weight is 526 g/mol. The molecule has 4 nitrogen and oxygen atoms in total. The number of carbonyl (C=O) groups excluding carboxylic acids is 1. The minimum Gasteiger partial charge on any atom is -0.465 e. The smallest absolute Gasteiger partial charge is 0.308 e. The normalized spacial score (nSPS) is 12.2. The van der Waals surface area contributed by atoms with Crippen LogP contribution in [-0.2, 0) is 9.53 Å². The summed E-state index contributed by atoms with van der Waals surface area (Å²) in [5.74, 6) is 0.220. The second kappa shape index (κ2) is 31.6. The number of nitrogens with one attached hydrogen (secondary N) is 1. The molecule has 0 saturated carbocycles. The third-order valence-electron chi connectivity index (χ3n) is 7.65. The van der Waals surface area contributed by atoms with Crippen LogP contribution in [0.15, 0.2) is 0 Å². The molecular weight excluding hydrogens is 458 g/mol. The van der Waals surface area contributed by atoms with Gasteiger partial charge in [0.25, 0.3) is 0 Å². The Labute approximate surface area is 232 Å². The number of rotatable bonds is 31. The quantitative estimate of drug-likeness (QED) is 0.0699. The average Bonchev–Trinajstić information content (AvgIpc) is 2.91. The number of unbranched alkanes of at least 4 members (excludes halogenated alkanes) is 19. The van der Waals surface area contributed by atoms with Gasteiger partial charge in [0.1, 0.15) is 0 Å². The molecule has 222 valence electrons. The Bertz CT molecular complexity index is 443. The van der Waals surface area contributed by atoms with Crippen LogP contribution in [0, 0.1) is 5.92 Å². The highest BCUT2D eigenvalue weighted by Crippen LogP contribution is 2.21. The second-order valence-corrected chi connectivity index (χ2v) is 11.3. The fourth-order valence-corrected chi connectivity index (χ4v) is 5.09. The first-order chi connectivity index (χ1) is 18.3. The monoisotopic (exact) mass is 526 g/mol. The zero-order valence-corrected chi connectivity index (χ0v) is 25.3. The number of esters is 1. The standard InChI is InChI=1S/C33H67NO3/c1-3-5-7-9-14-17-21-27-32(26-20-8-6-4-2)33(36)37-31-25-19-16-13-11-10-12-15-18-22-28-34-29-23-24-30-35/h32,34-35H,3-31H2,1-2H3. The maximum absolute atomic E-state index is 12.7. The van der Waals surface area contributed by atoms with E-state index in [-0.39, 0.29) is 11.9 Å². The molecule has 4 heteroatoms. The first-order valence-corrected chi connectivity index (χ1v) is 16.7. The lowest BCUT2D eigenvalue weighted by Gasteiger charge is -2.16. The summed E-state index contributed by atoms with van der Waals surface area (Å²) in [6, 6.07) is 0. The van der Waals surface area contributed by atoms with Gasteiger partial charge in [-0.25, -0.2) is 0 Å². The SMILES string of the molecule is CCCCCCCCCC(CCCCCC)C(=O)OCCCCCCCCCCCCNCCCCO. The minimum atomic E-state index is 0.0860. The molecule has 0 saturated heterocycles. The first kappa shape index (κ1) is 36.4. The highest BCUT2D eigenvalue weighted by Gasteiger charge is 2.19. The first-order valence-electron chi connectivity index (χ1n) is 16.7. The van der Waals surface area contributed by atoms with Crippen LogP contribution < -0.4 is 5.32 Å². The maximum atomic E-state index is 12.7. The third-order valence-corrected chi connectivity index (χ3v) is 7.65. The Morgan fingerprint density at radius 1 is 0.568 bits per heavy atom. The lowest BCUT2D eigenvalue weighted by atomic mass is 9.94. The summed E-state index contributed by atoms with van der Waals surface area (Å²) in [4.78, 5) is 12.7. The van der Waals surface area contributed by atoms with Crippen LogP contribution in [-0.4, -0.2) is 37.4 Å². The zero-order valence-electron chi connectivity index (χ0n) is 25.3. The van der Waals surface area contributed by atoms with Crippen LogP contribution in [0.4, 0.5) is 0 Å². The molecule has 2 N–H and O–H groups in total.